The van der Waals surface area contributed by atoms with E-state index >= 15 is 0 Å². The second-order valence-corrected chi connectivity index (χ2v) is 2.68. The molecule has 0 saturated carbocycles. The fraction of sp³-hybridized carbons (Fsp3) is 0.143. The van der Waals surface area contributed by atoms with Gasteiger partial charge in [0, 0.05) is 0 Å². The van der Waals surface area contributed by atoms with Gasteiger partial charge in [0.05, 0.1) is 6.42 Å². The molecule has 1 aromatic rings. The number of halogens is 1. The summed E-state index contributed by atoms with van der Waals surface area (Å²) >= 11 is 3.04. The quantitative estimate of drug-likeness (QED) is 0.440. The van der Waals surface area contributed by atoms with Crippen molar-refractivity contribution in [3.8, 4) is 0 Å². The van der Waals surface area contributed by atoms with Crippen LogP contribution in [0.25, 0.3) is 0 Å². The molecule has 0 aliphatic rings. The molecule has 0 saturated heterocycles. The van der Waals surface area contributed by atoms with Gasteiger partial charge in [-0.05, 0) is 28.1 Å². The van der Waals surface area contributed by atoms with E-state index in [4.69, 9.17) is 4.42 Å². The summed E-state index contributed by atoms with van der Waals surface area (Å²) in [6.45, 7) is 0. The summed E-state index contributed by atoms with van der Waals surface area (Å²) in [5.41, 5.74) is 0. The normalized spacial score (nSPS) is 9.55. The lowest BCUT2D eigenvalue weighted by molar-refractivity contribution is -0.107. The zero-order valence-corrected chi connectivity index (χ0v) is 7.13. The van der Waals surface area contributed by atoms with Crippen LogP contribution in [0, 0.1) is 0 Å². The van der Waals surface area contributed by atoms with Crippen LogP contribution in [0.15, 0.2) is 21.2 Å². The smallest absolute Gasteiger partial charge is 0.205 e. The van der Waals surface area contributed by atoms with Crippen LogP contribution in [0.1, 0.15) is 17.0 Å². The minimum absolute atomic E-state index is 0.125. The van der Waals surface area contributed by atoms with Crippen LogP contribution < -0.4 is 0 Å². The summed E-state index contributed by atoms with van der Waals surface area (Å²) in [5, 5.41) is 0. The van der Waals surface area contributed by atoms with Crippen LogP contribution in [0.5, 0.6) is 0 Å². The molecule has 0 unspecified atom stereocenters. The van der Waals surface area contributed by atoms with Crippen molar-refractivity contribution in [2.75, 3.05) is 0 Å². The molecule has 3 nitrogen and oxygen atoms in total. The number of carbonyl (C=O) groups is 2. The van der Waals surface area contributed by atoms with Crippen molar-refractivity contribution < 1.29 is 14.0 Å². The number of Topliss-reactive ketones (excluding diaryl/α,β-unsaturated/α-hetero) is 1. The van der Waals surface area contributed by atoms with Crippen molar-refractivity contribution >= 4 is 28.0 Å². The molecule has 58 valence electrons. The summed E-state index contributed by atoms with van der Waals surface area (Å²) in [6.07, 6.45) is 0.429. The molecule has 1 aromatic heterocycles. The van der Waals surface area contributed by atoms with Crippen molar-refractivity contribution in [1.82, 2.24) is 0 Å². The lowest BCUT2D eigenvalue weighted by atomic mass is 10.2. The third-order valence-electron chi connectivity index (χ3n) is 1.12. The third kappa shape index (κ3) is 2.01. The Morgan fingerprint density at radius 2 is 2.36 bits per heavy atom. The maximum absolute atomic E-state index is 10.9. The second kappa shape index (κ2) is 3.48. The van der Waals surface area contributed by atoms with Crippen molar-refractivity contribution in [2.45, 2.75) is 6.42 Å². The first-order valence-corrected chi connectivity index (χ1v) is 3.75. The van der Waals surface area contributed by atoms with E-state index < -0.39 is 0 Å². The molecular weight excluding hydrogens is 212 g/mol. The van der Waals surface area contributed by atoms with Crippen LogP contribution in [0.2, 0.25) is 0 Å². The SMILES string of the molecule is O=CCC(=O)c1ccc(Br)o1. The lowest BCUT2D eigenvalue weighted by Crippen LogP contribution is -1.96. The molecule has 0 fully saturated rings. The molecular formula is C7H5BrO3. The van der Waals surface area contributed by atoms with E-state index in [1.807, 2.05) is 0 Å². The Bertz CT molecular complexity index is 277. The standard InChI is InChI=1S/C7H5BrO3/c8-7-2-1-6(11-7)5(10)3-4-9/h1-2,4H,3H2. The summed E-state index contributed by atoms with van der Waals surface area (Å²) in [5.74, 6) is -0.0883. The minimum atomic E-state index is -0.300. The number of furan rings is 1. The number of hydrogen-bond acceptors (Lipinski definition) is 3. The van der Waals surface area contributed by atoms with Gasteiger partial charge in [-0.15, -0.1) is 0 Å². The highest BCUT2D eigenvalue weighted by Crippen LogP contribution is 2.14. The maximum atomic E-state index is 10.9. The first-order valence-electron chi connectivity index (χ1n) is 2.96. The molecule has 0 N–H and O–H groups in total. The van der Waals surface area contributed by atoms with Crippen molar-refractivity contribution in [3.05, 3.63) is 22.6 Å². The molecule has 0 amide bonds. The molecule has 4 heteroatoms. The van der Waals surface area contributed by atoms with Gasteiger partial charge in [-0.3, -0.25) is 4.79 Å². The summed E-state index contributed by atoms with van der Waals surface area (Å²) in [7, 11) is 0. The Balaban J connectivity index is 2.76. The first kappa shape index (κ1) is 8.20. The van der Waals surface area contributed by atoms with Crippen molar-refractivity contribution in [3.63, 3.8) is 0 Å². The molecule has 0 atom stereocenters. The van der Waals surface area contributed by atoms with Crippen LogP contribution >= 0.6 is 15.9 Å². The molecule has 11 heavy (non-hydrogen) atoms. The third-order valence-corrected chi connectivity index (χ3v) is 1.54. The largest absolute Gasteiger partial charge is 0.446 e. The van der Waals surface area contributed by atoms with Gasteiger partial charge >= 0.3 is 0 Å². The van der Waals surface area contributed by atoms with Gasteiger partial charge in [0.1, 0.15) is 6.29 Å². The summed E-state index contributed by atoms with van der Waals surface area (Å²) in [6, 6.07) is 3.13. The fourth-order valence-electron chi connectivity index (χ4n) is 0.640. The van der Waals surface area contributed by atoms with E-state index in [1.54, 1.807) is 6.07 Å². The Labute approximate surface area is 71.5 Å². The highest BCUT2D eigenvalue weighted by molar-refractivity contribution is 9.10. The van der Waals surface area contributed by atoms with Gasteiger partial charge in [-0.2, -0.15) is 0 Å². The average Bonchev–Trinajstić information content (AvgIpc) is 2.36. The van der Waals surface area contributed by atoms with Crippen LogP contribution in [-0.2, 0) is 4.79 Å². The average molecular weight is 217 g/mol. The summed E-state index contributed by atoms with van der Waals surface area (Å²) in [4.78, 5) is 20.8. The Hall–Kier alpha value is -0.900. The minimum Gasteiger partial charge on any atom is -0.446 e. The zero-order chi connectivity index (χ0) is 8.27. The van der Waals surface area contributed by atoms with Gasteiger partial charge < -0.3 is 9.21 Å². The van der Waals surface area contributed by atoms with E-state index in [1.165, 1.54) is 6.07 Å². The van der Waals surface area contributed by atoms with E-state index in [0.29, 0.717) is 11.0 Å². The Morgan fingerprint density at radius 1 is 1.64 bits per heavy atom. The summed E-state index contributed by atoms with van der Waals surface area (Å²) < 4.78 is 5.40. The number of hydrogen-bond donors (Lipinski definition) is 0. The highest BCUT2D eigenvalue weighted by atomic mass is 79.9. The van der Waals surface area contributed by atoms with E-state index in [0.717, 1.165) is 0 Å². The van der Waals surface area contributed by atoms with Gasteiger partial charge in [0.2, 0.25) is 5.78 Å². The second-order valence-electron chi connectivity index (χ2n) is 1.90. The zero-order valence-electron chi connectivity index (χ0n) is 5.54. The predicted octanol–water partition coefficient (Wildman–Crippen LogP) is 1.81. The fourth-order valence-corrected chi connectivity index (χ4v) is 0.947. The van der Waals surface area contributed by atoms with Gasteiger partial charge in [0.25, 0.3) is 0 Å². The molecule has 1 rings (SSSR count). The molecule has 0 radical (unpaired) electrons. The van der Waals surface area contributed by atoms with E-state index in [-0.39, 0.29) is 18.0 Å². The topological polar surface area (TPSA) is 47.3 Å². The van der Waals surface area contributed by atoms with Crippen molar-refractivity contribution in [2.24, 2.45) is 0 Å². The molecule has 0 aliphatic heterocycles. The van der Waals surface area contributed by atoms with Gasteiger partial charge in [-0.25, -0.2) is 0 Å². The molecule has 1 heterocycles. The van der Waals surface area contributed by atoms with Crippen molar-refractivity contribution in [1.29, 1.82) is 0 Å². The monoisotopic (exact) mass is 216 g/mol. The first-order chi connectivity index (χ1) is 5.24. The lowest BCUT2D eigenvalue weighted by Gasteiger charge is -1.86. The van der Waals surface area contributed by atoms with Crippen LogP contribution in [0.4, 0.5) is 0 Å². The Morgan fingerprint density at radius 3 is 2.82 bits per heavy atom. The number of rotatable bonds is 3. The molecule has 0 aliphatic carbocycles. The van der Waals surface area contributed by atoms with Gasteiger partial charge in [-0.1, -0.05) is 0 Å². The highest BCUT2D eigenvalue weighted by Gasteiger charge is 2.08. The molecule has 0 bridgehead atoms. The maximum Gasteiger partial charge on any atom is 0.205 e. The molecule has 0 aromatic carbocycles. The van der Waals surface area contributed by atoms with E-state index in [9.17, 15) is 9.59 Å². The van der Waals surface area contributed by atoms with Crippen LogP contribution in [0.3, 0.4) is 0 Å². The Kier molecular flexibility index (Phi) is 2.59. The number of carbonyl (C=O) groups excluding carboxylic acids is 2. The van der Waals surface area contributed by atoms with Crippen LogP contribution in [-0.4, -0.2) is 12.1 Å². The number of ketones is 1. The number of aldehydes is 1. The predicted molar refractivity (Wildman–Crippen MR) is 41.4 cm³/mol. The molecule has 0 spiro atoms. The van der Waals surface area contributed by atoms with Gasteiger partial charge in [0.15, 0.2) is 10.4 Å². The van der Waals surface area contributed by atoms with E-state index in [2.05, 4.69) is 15.9 Å².